The zero-order chi connectivity index (χ0) is 19.6. The van der Waals surface area contributed by atoms with Gasteiger partial charge in [-0.2, -0.15) is 5.26 Å². The largest absolute Gasteiger partial charge is 0.318 e. The molecule has 0 amide bonds. The zero-order valence-electron chi connectivity index (χ0n) is 14.8. The van der Waals surface area contributed by atoms with Crippen LogP contribution in [0.4, 0.5) is 5.69 Å². The van der Waals surface area contributed by atoms with Gasteiger partial charge in [0.2, 0.25) is 0 Å². The number of aryl methyl sites for hydroxylation is 1. The first-order valence-corrected chi connectivity index (χ1v) is 8.60. The SMILES string of the molecule is Cc1cc(/C=C(/C#N)c2ccc(Cl)cc2)c(C)n1-c1ccc([N+](=O)[O-])cc1. The average molecular weight is 378 g/mol. The van der Waals surface area contributed by atoms with E-state index in [1.807, 2.05) is 42.7 Å². The zero-order valence-corrected chi connectivity index (χ0v) is 15.6. The molecule has 0 saturated carbocycles. The topological polar surface area (TPSA) is 71.9 Å². The third-order valence-electron chi connectivity index (χ3n) is 4.36. The van der Waals surface area contributed by atoms with Crippen molar-refractivity contribution in [2.45, 2.75) is 13.8 Å². The van der Waals surface area contributed by atoms with Crippen LogP contribution in [-0.2, 0) is 0 Å². The number of nitro groups is 1. The van der Waals surface area contributed by atoms with Crippen LogP contribution in [0.2, 0.25) is 5.02 Å². The van der Waals surface area contributed by atoms with Gasteiger partial charge in [-0.25, -0.2) is 0 Å². The van der Waals surface area contributed by atoms with Gasteiger partial charge in [-0.15, -0.1) is 0 Å². The summed E-state index contributed by atoms with van der Waals surface area (Å²) in [4.78, 5) is 10.4. The van der Waals surface area contributed by atoms with E-state index in [9.17, 15) is 15.4 Å². The average Bonchev–Trinajstić information content (AvgIpc) is 2.94. The number of aromatic nitrogens is 1. The highest BCUT2D eigenvalue weighted by atomic mass is 35.5. The molecule has 0 N–H and O–H groups in total. The fourth-order valence-corrected chi connectivity index (χ4v) is 3.15. The minimum Gasteiger partial charge on any atom is -0.318 e. The summed E-state index contributed by atoms with van der Waals surface area (Å²) in [6.07, 6.45) is 1.84. The fourth-order valence-electron chi connectivity index (χ4n) is 3.02. The molecule has 0 atom stereocenters. The molecular weight excluding hydrogens is 362 g/mol. The van der Waals surface area contributed by atoms with Crippen LogP contribution < -0.4 is 0 Å². The van der Waals surface area contributed by atoms with Crippen LogP contribution in [0.3, 0.4) is 0 Å². The van der Waals surface area contributed by atoms with E-state index in [-0.39, 0.29) is 5.69 Å². The third-order valence-corrected chi connectivity index (χ3v) is 4.62. The second-order valence-corrected chi connectivity index (χ2v) is 6.55. The maximum Gasteiger partial charge on any atom is 0.269 e. The number of halogens is 1. The van der Waals surface area contributed by atoms with Crippen molar-refractivity contribution in [3.05, 3.63) is 92.2 Å². The quantitative estimate of drug-likeness (QED) is 0.331. The molecule has 3 aromatic rings. The summed E-state index contributed by atoms with van der Waals surface area (Å²) in [6, 6.07) is 17.8. The molecule has 0 aliphatic carbocycles. The lowest BCUT2D eigenvalue weighted by Crippen LogP contribution is -1.99. The normalized spacial score (nSPS) is 11.3. The van der Waals surface area contributed by atoms with Crippen LogP contribution in [0.25, 0.3) is 17.3 Å². The Balaban J connectivity index is 2.03. The molecule has 0 saturated heterocycles. The van der Waals surface area contributed by atoms with E-state index in [0.29, 0.717) is 10.6 Å². The molecule has 134 valence electrons. The lowest BCUT2D eigenvalue weighted by molar-refractivity contribution is -0.384. The number of hydrogen-bond donors (Lipinski definition) is 0. The summed E-state index contributed by atoms with van der Waals surface area (Å²) in [7, 11) is 0. The Bertz CT molecular complexity index is 1070. The van der Waals surface area contributed by atoms with Crippen LogP contribution in [0.5, 0.6) is 0 Å². The third kappa shape index (κ3) is 3.76. The van der Waals surface area contributed by atoms with E-state index in [1.54, 1.807) is 24.3 Å². The Morgan fingerprint density at radius 1 is 1.15 bits per heavy atom. The van der Waals surface area contributed by atoms with Gasteiger partial charge < -0.3 is 4.57 Å². The molecule has 0 radical (unpaired) electrons. The Hall–Kier alpha value is -3.36. The Labute approximate surface area is 161 Å². The van der Waals surface area contributed by atoms with Crippen LogP contribution in [0.1, 0.15) is 22.5 Å². The predicted molar refractivity (Wildman–Crippen MR) is 107 cm³/mol. The highest BCUT2D eigenvalue weighted by molar-refractivity contribution is 6.30. The van der Waals surface area contributed by atoms with Crippen LogP contribution >= 0.6 is 11.6 Å². The van der Waals surface area contributed by atoms with Gasteiger partial charge >= 0.3 is 0 Å². The molecule has 5 nitrogen and oxygen atoms in total. The highest BCUT2D eigenvalue weighted by Gasteiger charge is 2.12. The van der Waals surface area contributed by atoms with E-state index in [0.717, 1.165) is 28.2 Å². The van der Waals surface area contributed by atoms with Crippen molar-refractivity contribution in [1.29, 1.82) is 5.26 Å². The molecule has 27 heavy (non-hydrogen) atoms. The molecule has 0 fully saturated rings. The number of non-ortho nitro benzene ring substituents is 1. The molecule has 0 bridgehead atoms. The first kappa shape index (κ1) is 18.4. The first-order valence-electron chi connectivity index (χ1n) is 8.22. The summed E-state index contributed by atoms with van der Waals surface area (Å²) in [6.45, 7) is 3.91. The molecule has 0 spiro atoms. The van der Waals surface area contributed by atoms with Gasteiger partial charge in [0, 0.05) is 34.2 Å². The summed E-state index contributed by atoms with van der Waals surface area (Å²) < 4.78 is 2.01. The predicted octanol–water partition coefficient (Wildman–Crippen LogP) is 5.72. The highest BCUT2D eigenvalue weighted by Crippen LogP contribution is 2.26. The van der Waals surface area contributed by atoms with Gasteiger partial charge in [0.15, 0.2) is 0 Å². The minimum atomic E-state index is -0.418. The number of nitrogens with zero attached hydrogens (tertiary/aromatic N) is 3. The summed E-state index contributed by atoms with van der Waals surface area (Å²) in [5.41, 5.74) is 5.05. The van der Waals surface area contributed by atoms with E-state index >= 15 is 0 Å². The van der Waals surface area contributed by atoms with Crippen molar-refractivity contribution in [1.82, 2.24) is 4.57 Å². The summed E-state index contributed by atoms with van der Waals surface area (Å²) in [5.74, 6) is 0. The van der Waals surface area contributed by atoms with Gasteiger partial charge in [0.1, 0.15) is 0 Å². The number of rotatable bonds is 4. The lowest BCUT2D eigenvalue weighted by Gasteiger charge is -2.09. The van der Waals surface area contributed by atoms with E-state index in [2.05, 4.69) is 6.07 Å². The van der Waals surface area contributed by atoms with Gasteiger partial charge in [-0.05, 0) is 61.4 Å². The van der Waals surface area contributed by atoms with E-state index in [4.69, 9.17) is 11.6 Å². The second kappa shape index (κ2) is 7.48. The maximum absolute atomic E-state index is 10.8. The molecule has 1 heterocycles. The van der Waals surface area contributed by atoms with Gasteiger partial charge in [-0.3, -0.25) is 10.1 Å². The second-order valence-electron chi connectivity index (χ2n) is 6.11. The number of hydrogen-bond acceptors (Lipinski definition) is 3. The van der Waals surface area contributed by atoms with Gasteiger partial charge in [-0.1, -0.05) is 23.7 Å². The Kier molecular flexibility index (Phi) is 5.11. The van der Waals surface area contributed by atoms with E-state index < -0.39 is 4.92 Å². The lowest BCUT2D eigenvalue weighted by atomic mass is 10.0. The molecule has 0 aliphatic rings. The molecule has 0 aliphatic heterocycles. The van der Waals surface area contributed by atoms with Crippen LogP contribution in [0.15, 0.2) is 54.6 Å². The minimum absolute atomic E-state index is 0.0517. The number of nitro benzene ring substituents is 1. The molecule has 3 rings (SSSR count). The fraction of sp³-hybridized carbons (Fsp3) is 0.0952. The van der Waals surface area contributed by atoms with E-state index in [1.165, 1.54) is 12.1 Å². The summed E-state index contributed by atoms with van der Waals surface area (Å²) in [5, 5.41) is 21.0. The molecule has 2 aromatic carbocycles. The number of allylic oxidation sites excluding steroid dienone is 1. The standard InChI is InChI=1S/C21H16ClN3O2/c1-14-11-17(12-18(13-23)16-3-5-19(22)6-4-16)15(2)24(14)20-7-9-21(10-8-20)25(26)27/h3-12H,1-2H3/b18-12-. The smallest absolute Gasteiger partial charge is 0.269 e. The van der Waals surface area contributed by atoms with Crippen molar-refractivity contribution in [2.75, 3.05) is 0 Å². The molecular formula is C21H16ClN3O2. The van der Waals surface area contributed by atoms with Crippen molar-refractivity contribution in [2.24, 2.45) is 0 Å². The van der Waals surface area contributed by atoms with Crippen molar-refractivity contribution < 1.29 is 4.92 Å². The Morgan fingerprint density at radius 2 is 1.78 bits per heavy atom. The number of nitriles is 1. The molecule has 0 unspecified atom stereocenters. The maximum atomic E-state index is 10.8. The molecule has 6 heteroatoms. The van der Waals surface area contributed by atoms with Crippen molar-refractivity contribution in [3.8, 4) is 11.8 Å². The molecule has 1 aromatic heterocycles. The van der Waals surface area contributed by atoms with Crippen LogP contribution in [-0.4, -0.2) is 9.49 Å². The van der Waals surface area contributed by atoms with Crippen molar-refractivity contribution >= 4 is 28.9 Å². The van der Waals surface area contributed by atoms with Gasteiger partial charge in [0.25, 0.3) is 5.69 Å². The van der Waals surface area contributed by atoms with Crippen LogP contribution in [0, 0.1) is 35.3 Å². The van der Waals surface area contributed by atoms with Crippen molar-refractivity contribution in [3.63, 3.8) is 0 Å². The van der Waals surface area contributed by atoms with Gasteiger partial charge in [0.05, 0.1) is 16.6 Å². The first-order chi connectivity index (χ1) is 12.9. The monoisotopic (exact) mass is 377 g/mol. The summed E-state index contributed by atoms with van der Waals surface area (Å²) >= 11 is 5.92. The number of benzene rings is 2. The Morgan fingerprint density at radius 3 is 2.33 bits per heavy atom.